The van der Waals surface area contributed by atoms with Gasteiger partial charge in [0.25, 0.3) is 5.69 Å². The molecule has 1 aliphatic rings. The fourth-order valence-corrected chi connectivity index (χ4v) is 5.78. The third-order valence-corrected chi connectivity index (χ3v) is 7.84. The van der Waals surface area contributed by atoms with Gasteiger partial charge in [0.2, 0.25) is 0 Å². The van der Waals surface area contributed by atoms with Gasteiger partial charge in [-0.25, -0.2) is 4.79 Å². The quantitative estimate of drug-likeness (QED) is 0.117. The summed E-state index contributed by atoms with van der Waals surface area (Å²) in [5.74, 6) is -2.97. The Labute approximate surface area is 276 Å². The Morgan fingerprint density at radius 1 is 1.06 bits per heavy atom. The van der Waals surface area contributed by atoms with Crippen molar-refractivity contribution in [1.29, 1.82) is 0 Å². The number of likely N-dealkylation sites (N-methyl/N-ethyl adjacent to an activating group) is 1. The van der Waals surface area contributed by atoms with Crippen LogP contribution in [0.1, 0.15) is 62.8 Å². The predicted molar refractivity (Wildman–Crippen MR) is 182 cm³/mol. The molecule has 2 heterocycles. The Balaban J connectivity index is 1.42. The molecule has 1 aliphatic heterocycles. The summed E-state index contributed by atoms with van der Waals surface area (Å²) in [4.78, 5) is 48.8. The third-order valence-electron chi connectivity index (χ3n) is 7.84. The van der Waals surface area contributed by atoms with Gasteiger partial charge in [0, 0.05) is 54.9 Å². The SMILES string of the molecule is CC(=Cc1ccc(Cc2cccnc2)cc1)CN(C)CCOC(=O)C1=C(C)N=C(C)C(C(=O)OC(C)C)C1c1cccc([N+](=O)[O-])c1. The second-order valence-electron chi connectivity index (χ2n) is 12.2. The molecule has 47 heavy (non-hydrogen) atoms. The molecular formula is C37H42N4O6. The molecule has 0 fully saturated rings. The Morgan fingerprint density at radius 3 is 2.47 bits per heavy atom. The molecule has 246 valence electrons. The summed E-state index contributed by atoms with van der Waals surface area (Å²) in [6.45, 7) is 10.1. The van der Waals surface area contributed by atoms with Crippen molar-refractivity contribution < 1.29 is 24.0 Å². The first-order valence-electron chi connectivity index (χ1n) is 15.6. The van der Waals surface area contributed by atoms with E-state index >= 15 is 0 Å². The van der Waals surface area contributed by atoms with E-state index in [4.69, 9.17) is 9.47 Å². The van der Waals surface area contributed by atoms with E-state index in [-0.39, 0.29) is 17.9 Å². The Hall–Kier alpha value is -4.96. The number of rotatable bonds is 13. The lowest BCUT2D eigenvalue weighted by atomic mass is 9.75. The zero-order chi connectivity index (χ0) is 34.1. The van der Waals surface area contributed by atoms with Gasteiger partial charge in [0.05, 0.1) is 16.6 Å². The number of carbonyl (C=O) groups is 2. The number of non-ortho nitro benzene ring substituents is 1. The number of nitro benzene ring substituents is 1. The lowest BCUT2D eigenvalue weighted by Crippen LogP contribution is -2.37. The van der Waals surface area contributed by atoms with Crippen molar-refractivity contribution >= 4 is 29.4 Å². The minimum atomic E-state index is -0.939. The largest absolute Gasteiger partial charge is 0.462 e. The predicted octanol–water partition coefficient (Wildman–Crippen LogP) is 6.56. The maximum atomic E-state index is 13.6. The van der Waals surface area contributed by atoms with Crippen LogP contribution >= 0.6 is 0 Å². The van der Waals surface area contributed by atoms with Crippen LogP contribution in [0.15, 0.2) is 94.9 Å². The van der Waals surface area contributed by atoms with E-state index in [0.717, 1.165) is 17.6 Å². The summed E-state index contributed by atoms with van der Waals surface area (Å²) in [5.41, 5.74) is 5.97. The van der Waals surface area contributed by atoms with Gasteiger partial charge in [-0.2, -0.15) is 0 Å². The molecule has 10 nitrogen and oxygen atoms in total. The molecule has 2 unspecified atom stereocenters. The lowest BCUT2D eigenvalue weighted by molar-refractivity contribution is -0.384. The number of carbonyl (C=O) groups excluding carboxylic acids is 2. The highest BCUT2D eigenvalue weighted by atomic mass is 16.6. The van der Waals surface area contributed by atoms with Gasteiger partial charge in [-0.05, 0) is 76.4 Å². The summed E-state index contributed by atoms with van der Waals surface area (Å²) in [7, 11) is 1.95. The van der Waals surface area contributed by atoms with Gasteiger partial charge in [0.15, 0.2) is 0 Å². The van der Waals surface area contributed by atoms with E-state index < -0.39 is 34.8 Å². The molecule has 10 heteroatoms. The highest BCUT2D eigenvalue weighted by molar-refractivity contribution is 6.07. The molecule has 3 aromatic rings. The normalized spacial score (nSPS) is 16.7. The number of benzene rings is 2. The van der Waals surface area contributed by atoms with E-state index in [9.17, 15) is 19.7 Å². The van der Waals surface area contributed by atoms with Crippen LogP contribution in [0.4, 0.5) is 5.69 Å². The Bertz CT molecular complexity index is 1680. The minimum absolute atomic E-state index is 0.105. The molecular weight excluding hydrogens is 596 g/mol. The monoisotopic (exact) mass is 638 g/mol. The van der Waals surface area contributed by atoms with E-state index in [0.29, 0.717) is 30.1 Å². The molecule has 0 bridgehead atoms. The van der Waals surface area contributed by atoms with Gasteiger partial charge in [-0.1, -0.05) is 54.1 Å². The van der Waals surface area contributed by atoms with Crippen LogP contribution in [0.3, 0.4) is 0 Å². The highest BCUT2D eigenvalue weighted by Gasteiger charge is 2.43. The molecule has 4 rings (SSSR count). The first-order valence-corrected chi connectivity index (χ1v) is 15.6. The van der Waals surface area contributed by atoms with Crippen LogP contribution < -0.4 is 0 Å². The molecule has 2 atom stereocenters. The van der Waals surface area contributed by atoms with E-state index in [1.54, 1.807) is 46.0 Å². The number of nitro groups is 1. The number of pyridine rings is 1. The molecule has 0 radical (unpaired) electrons. The summed E-state index contributed by atoms with van der Waals surface area (Å²) >= 11 is 0. The molecule has 1 aromatic heterocycles. The average Bonchev–Trinajstić information content (AvgIpc) is 3.01. The topological polar surface area (TPSA) is 124 Å². The van der Waals surface area contributed by atoms with Crippen LogP contribution in [0, 0.1) is 16.0 Å². The van der Waals surface area contributed by atoms with Crippen LogP contribution in [0.5, 0.6) is 0 Å². The number of aromatic nitrogens is 1. The van der Waals surface area contributed by atoms with Gasteiger partial charge in [0.1, 0.15) is 12.5 Å². The third kappa shape index (κ3) is 9.52. The van der Waals surface area contributed by atoms with Gasteiger partial charge >= 0.3 is 11.9 Å². The second-order valence-corrected chi connectivity index (χ2v) is 12.2. The van der Waals surface area contributed by atoms with Crippen LogP contribution in [0.2, 0.25) is 0 Å². The highest BCUT2D eigenvalue weighted by Crippen LogP contribution is 2.41. The van der Waals surface area contributed by atoms with E-state index in [1.165, 1.54) is 23.3 Å². The van der Waals surface area contributed by atoms with Crippen molar-refractivity contribution in [3.8, 4) is 0 Å². The number of ether oxygens (including phenoxy) is 2. The molecule has 0 amide bonds. The number of allylic oxidation sites excluding steroid dienone is 1. The average molecular weight is 639 g/mol. The smallest absolute Gasteiger partial charge is 0.336 e. The second kappa shape index (κ2) is 16.0. The molecule has 0 saturated carbocycles. The number of esters is 2. The van der Waals surface area contributed by atoms with Crippen LogP contribution in [0.25, 0.3) is 6.08 Å². The minimum Gasteiger partial charge on any atom is -0.462 e. The Kier molecular flexibility index (Phi) is 11.9. The van der Waals surface area contributed by atoms with Crippen molar-refractivity contribution in [3.63, 3.8) is 0 Å². The van der Waals surface area contributed by atoms with E-state index in [1.807, 2.05) is 19.3 Å². The number of aliphatic imine (C=N–C) groups is 1. The van der Waals surface area contributed by atoms with Crippen LogP contribution in [-0.2, 0) is 25.5 Å². The fraction of sp³-hybridized carbons (Fsp3) is 0.351. The van der Waals surface area contributed by atoms with Crippen molar-refractivity contribution in [2.24, 2.45) is 10.9 Å². The van der Waals surface area contributed by atoms with Crippen molar-refractivity contribution in [3.05, 3.63) is 122 Å². The first-order chi connectivity index (χ1) is 22.4. The lowest BCUT2D eigenvalue weighted by Gasteiger charge is -2.32. The Morgan fingerprint density at radius 2 is 1.81 bits per heavy atom. The van der Waals surface area contributed by atoms with E-state index in [2.05, 4.69) is 58.2 Å². The molecule has 0 spiro atoms. The van der Waals surface area contributed by atoms with Crippen molar-refractivity contribution in [2.75, 3.05) is 26.7 Å². The molecule has 2 aromatic carbocycles. The first kappa shape index (κ1) is 34.9. The molecule has 0 N–H and O–H groups in total. The number of nitrogens with zero attached hydrogens (tertiary/aromatic N) is 4. The van der Waals surface area contributed by atoms with Gasteiger partial charge in [-0.3, -0.25) is 29.8 Å². The van der Waals surface area contributed by atoms with Gasteiger partial charge < -0.3 is 9.47 Å². The summed E-state index contributed by atoms with van der Waals surface area (Å²) in [5, 5.41) is 11.6. The van der Waals surface area contributed by atoms with Crippen LogP contribution in [-0.4, -0.2) is 65.3 Å². The zero-order valence-corrected chi connectivity index (χ0v) is 27.8. The zero-order valence-electron chi connectivity index (χ0n) is 27.8. The maximum absolute atomic E-state index is 13.6. The summed E-state index contributed by atoms with van der Waals surface area (Å²) in [6, 6.07) is 18.4. The molecule has 0 aliphatic carbocycles. The number of hydrogen-bond donors (Lipinski definition) is 0. The summed E-state index contributed by atoms with van der Waals surface area (Å²) in [6.07, 6.45) is 6.22. The summed E-state index contributed by atoms with van der Waals surface area (Å²) < 4.78 is 11.3. The van der Waals surface area contributed by atoms with Gasteiger partial charge in [-0.15, -0.1) is 0 Å². The standard InChI is InChI=1S/C37H42N4O6/c1-24(2)47-37(43)34-27(5)39-26(4)33(35(34)31-10-7-11-32(21-31)41(44)45)36(42)46-18-17-40(6)23-25(3)19-28-12-14-29(15-13-28)20-30-9-8-16-38-22-30/h7-16,19,21-22,24,34-35H,17-18,20,23H2,1-6H3. The fourth-order valence-electron chi connectivity index (χ4n) is 5.78. The van der Waals surface area contributed by atoms with Crippen molar-refractivity contribution in [2.45, 2.75) is 53.1 Å². The van der Waals surface area contributed by atoms with Crippen molar-refractivity contribution in [1.82, 2.24) is 9.88 Å². The maximum Gasteiger partial charge on any atom is 0.336 e. The molecule has 0 saturated heterocycles. The number of hydrogen-bond acceptors (Lipinski definition) is 9.